The molecule has 4 rings (SSSR count). The molecule has 9 heteroatoms. The SMILES string of the molecule is COCCNC(=O)c1ccc(N2CCC(c3nc(-c4ccccn4)no3)CC2)nc1. The molecule has 0 atom stereocenters. The topological polar surface area (TPSA) is 106 Å². The third-order valence-corrected chi connectivity index (χ3v) is 5.11. The first-order valence-corrected chi connectivity index (χ1v) is 9.97. The number of pyridine rings is 2. The average Bonchev–Trinajstić information content (AvgIpc) is 3.30. The van der Waals surface area contributed by atoms with Crippen LogP contribution < -0.4 is 10.2 Å². The zero-order valence-corrected chi connectivity index (χ0v) is 16.8. The van der Waals surface area contributed by atoms with Crippen LogP contribution >= 0.6 is 0 Å². The van der Waals surface area contributed by atoms with Crippen LogP contribution in [-0.2, 0) is 4.74 Å². The van der Waals surface area contributed by atoms with E-state index in [4.69, 9.17) is 9.26 Å². The Kier molecular flexibility index (Phi) is 6.29. The summed E-state index contributed by atoms with van der Waals surface area (Å²) in [6.45, 7) is 2.62. The molecule has 3 aromatic rings. The van der Waals surface area contributed by atoms with Crippen LogP contribution in [0.2, 0.25) is 0 Å². The van der Waals surface area contributed by atoms with Crippen LogP contribution in [0.15, 0.2) is 47.2 Å². The summed E-state index contributed by atoms with van der Waals surface area (Å²) in [4.78, 5) is 27.5. The van der Waals surface area contributed by atoms with Gasteiger partial charge in [0, 0.05) is 45.1 Å². The molecule has 0 aromatic carbocycles. The summed E-state index contributed by atoms with van der Waals surface area (Å²) in [5.74, 6) is 2.11. The number of nitrogens with one attached hydrogen (secondary N) is 1. The van der Waals surface area contributed by atoms with Gasteiger partial charge in [-0.3, -0.25) is 9.78 Å². The van der Waals surface area contributed by atoms with Crippen molar-refractivity contribution in [3.63, 3.8) is 0 Å². The predicted octanol–water partition coefficient (Wildman–Crippen LogP) is 2.29. The second kappa shape index (κ2) is 9.45. The van der Waals surface area contributed by atoms with Gasteiger partial charge in [0.2, 0.25) is 11.7 Å². The molecule has 0 aliphatic carbocycles. The summed E-state index contributed by atoms with van der Waals surface area (Å²) in [6, 6.07) is 9.31. The van der Waals surface area contributed by atoms with E-state index in [1.54, 1.807) is 25.6 Å². The molecule has 3 aromatic heterocycles. The van der Waals surface area contributed by atoms with Gasteiger partial charge in [-0.2, -0.15) is 4.98 Å². The van der Waals surface area contributed by atoms with Crippen LogP contribution in [-0.4, -0.2) is 59.4 Å². The van der Waals surface area contributed by atoms with Crippen LogP contribution in [0.3, 0.4) is 0 Å². The van der Waals surface area contributed by atoms with Gasteiger partial charge in [0.05, 0.1) is 12.2 Å². The number of rotatable bonds is 7. The highest BCUT2D eigenvalue weighted by Gasteiger charge is 2.26. The number of ether oxygens (including phenoxy) is 1. The van der Waals surface area contributed by atoms with Gasteiger partial charge in [-0.15, -0.1) is 0 Å². The maximum Gasteiger partial charge on any atom is 0.252 e. The molecule has 0 saturated carbocycles. The Balaban J connectivity index is 1.32. The lowest BCUT2D eigenvalue weighted by Gasteiger charge is -2.31. The van der Waals surface area contributed by atoms with E-state index in [1.165, 1.54) is 0 Å². The van der Waals surface area contributed by atoms with E-state index >= 15 is 0 Å². The Labute approximate surface area is 174 Å². The number of aromatic nitrogens is 4. The molecule has 156 valence electrons. The monoisotopic (exact) mass is 408 g/mol. The van der Waals surface area contributed by atoms with Crippen molar-refractivity contribution in [2.24, 2.45) is 0 Å². The van der Waals surface area contributed by atoms with Gasteiger partial charge in [0.25, 0.3) is 5.91 Å². The van der Waals surface area contributed by atoms with Crippen molar-refractivity contribution in [1.29, 1.82) is 0 Å². The molecule has 0 radical (unpaired) electrons. The van der Waals surface area contributed by atoms with Gasteiger partial charge in [0.15, 0.2) is 0 Å². The van der Waals surface area contributed by atoms with E-state index in [0.29, 0.717) is 36.1 Å². The predicted molar refractivity (Wildman–Crippen MR) is 110 cm³/mol. The normalized spacial score (nSPS) is 14.6. The van der Waals surface area contributed by atoms with Gasteiger partial charge in [-0.05, 0) is 37.1 Å². The van der Waals surface area contributed by atoms with Crippen LogP contribution in [0.4, 0.5) is 5.82 Å². The summed E-state index contributed by atoms with van der Waals surface area (Å²) in [5.41, 5.74) is 1.25. The smallest absolute Gasteiger partial charge is 0.252 e. The molecular weight excluding hydrogens is 384 g/mol. The number of piperidine rings is 1. The number of methoxy groups -OCH3 is 1. The quantitative estimate of drug-likeness (QED) is 0.594. The molecule has 0 bridgehead atoms. The highest BCUT2D eigenvalue weighted by molar-refractivity contribution is 5.94. The molecule has 30 heavy (non-hydrogen) atoms. The van der Waals surface area contributed by atoms with Crippen LogP contribution in [0, 0.1) is 0 Å². The minimum absolute atomic E-state index is 0.148. The minimum atomic E-state index is -0.148. The largest absolute Gasteiger partial charge is 0.383 e. The van der Waals surface area contributed by atoms with Crippen LogP contribution in [0.1, 0.15) is 35.0 Å². The van der Waals surface area contributed by atoms with E-state index in [-0.39, 0.29) is 11.8 Å². The lowest BCUT2D eigenvalue weighted by molar-refractivity contribution is 0.0936. The van der Waals surface area contributed by atoms with E-state index in [0.717, 1.165) is 31.7 Å². The third kappa shape index (κ3) is 4.62. The lowest BCUT2D eigenvalue weighted by Crippen LogP contribution is -2.33. The van der Waals surface area contributed by atoms with Crippen molar-refractivity contribution >= 4 is 11.7 Å². The highest BCUT2D eigenvalue weighted by Crippen LogP contribution is 2.29. The molecule has 4 heterocycles. The van der Waals surface area contributed by atoms with Gasteiger partial charge in [-0.25, -0.2) is 4.98 Å². The number of hydrogen-bond donors (Lipinski definition) is 1. The second-order valence-electron chi connectivity index (χ2n) is 7.09. The Morgan fingerprint density at radius 2 is 2.10 bits per heavy atom. The van der Waals surface area contributed by atoms with E-state index < -0.39 is 0 Å². The fourth-order valence-corrected chi connectivity index (χ4v) is 3.43. The zero-order chi connectivity index (χ0) is 20.8. The number of anilines is 1. The van der Waals surface area contributed by atoms with E-state index in [1.807, 2.05) is 24.3 Å². The summed E-state index contributed by atoms with van der Waals surface area (Å²) >= 11 is 0. The Morgan fingerprint density at radius 1 is 1.23 bits per heavy atom. The van der Waals surface area contributed by atoms with Crippen molar-refractivity contribution in [3.8, 4) is 11.5 Å². The van der Waals surface area contributed by atoms with E-state index in [9.17, 15) is 4.79 Å². The molecule has 1 N–H and O–H groups in total. The van der Waals surface area contributed by atoms with Gasteiger partial charge in [-0.1, -0.05) is 11.2 Å². The summed E-state index contributed by atoms with van der Waals surface area (Å²) < 4.78 is 10.4. The van der Waals surface area contributed by atoms with Crippen molar-refractivity contribution in [2.45, 2.75) is 18.8 Å². The maximum absolute atomic E-state index is 12.1. The minimum Gasteiger partial charge on any atom is -0.383 e. The van der Waals surface area contributed by atoms with Crippen molar-refractivity contribution < 1.29 is 14.1 Å². The third-order valence-electron chi connectivity index (χ3n) is 5.11. The Hall–Kier alpha value is -3.33. The molecule has 1 aliphatic rings. The molecule has 1 aliphatic heterocycles. The summed E-state index contributed by atoms with van der Waals surface area (Å²) in [7, 11) is 1.60. The standard InChI is InChI=1S/C21H24N6O3/c1-29-13-10-23-20(28)16-5-6-18(24-14-16)27-11-7-15(8-12-27)21-25-19(26-30-21)17-4-2-3-9-22-17/h2-6,9,14-15H,7-8,10-13H2,1H3,(H,23,28). The summed E-state index contributed by atoms with van der Waals surface area (Å²) in [5, 5.41) is 6.86. The van der Waals surface area contributed by atoms with Crippen molar-refractivity contribution in [1.82, 2.24) is 25.4 Å². The highest BCUT2D eigenvalue weighted by atomic mass is 16.5. The van der Waals surface area contributed by atoms with Crippen LogP contribution in [0.5, 0.6) is 0 Å². The number of amides is 1. The molecule has 1 fully saturated rings. The van der Waals surface area contributed by atoms with Gasteiger partial charge >= 0.3 is 0 Å². The molecule has 0 unspecified atom stereocenters. The molecule has 1 amide bonds. The Morgan fingerprint density at radius 3 is 2.80 bits per heavy atom. The fourth-order valence-electron chi connectivity index (χ4n) is 3.43. The second-order valence-corrected chi connectivity index (χ2v) is 7.09. The average molecular weight is 408 g/mol. The Bertz CT molecular complexity index is 952. The first-order chi connectivity index (χ1) is 14.7. The fraction of sp³-hybridized carbons (Fsp3) is 0.381. The summed E-state index contributed by atoms with van der Waals surface area (Å²) in [6.07, 6.45) is 5.11. The number of carbonyl (C=O) groups is 1. The number of carbonyl (C=O) groups excluding carboxylic acids is 1. The first-order valence-electron chi connectivity index (χ1n) is 9.97. The van der Waals surface area contributed by atoms with Gasteiger partial charge in [0.1, 0.15) is 11.5 Å². The maximum atomic E-state index is 12.1. The molecular formula is C21H24N6O3. The number of hydrogen-bond acceptors (Lipinski definition) is 8. The van der Waals surface area contributed by atoms with Crippen LogP contribution in [0.25, 0.3) is 11.5 Å². The lowest BCUT2D eigenvalue weighted by atomic mass is 9.97. The molecule has 0 spiro atoms. The van der Waals surface area contributed by atoms with Crippen molar-refractivity contribution in [3.05, 3.63) is 54.2 Å². The molecule has 1 saturated heterocycles. The number of nitrogens with zero attached hydrogens (tertiary/aromatic N) is 5. The zero-order valence-electron chi connectivity index (χ0n) is 16.8. The van der Waals surface area contributed by atoms with Gasteiger partial charge < -0.3 is 19.5 Å². The van der Waals surface area contributed by atoms with E-state index in [2.05, 4.69) is 30.3 Å². The first kappa shape index (κ1) is 20.0. The van der Waals surface area contributed by atoms with Crippen molar-refractivity contribution in [2.75, 3.05) is 38.3 Å². The molecule has 9 nitrogen and oxygen atoms in total.